The summed E-state index contributed by atoms with van der Waals surface area (Å²) in [5.41, 5.74) is 1.40. The number of nitrogens with zero attached hydrogens (tertiary/aromatic N) is 3. The highest BCUT2D eigenvalue weighted by molar-refractivity contribution is 5.24. The van der Waals surface area contributed by atoms with Gasteiger partial charge in [0, 0.05) is 24.6 Å². The molecule has 1 aromatic heterocycles. The first-order valence-corrected chi connectivity index (χ1v) is 9.07. The molecule has 0 aliphatic carbocycles. The molecule has 3 heterocycles. The van der Waals surface area contributed by atoms with Crippen LogP contribution in [0.15, 0.2) is 34.9 Å². The lowest BCUT2D eigenvalue weighted by molar-refractivity contribution is 0.0981. The van der Waals surface area contributed by atoms with Gasteiger partial charge in [0.05, 0.1) is 0 Å². The van der Waals surface area contributed by atoms with Crippen LogP contribution >= 0.6 is 0 Å². The SMILES string of the molecule is CCCOCc1nc([C@@H]2C[C@H](c3ccccc3)N3CCC[C@@H]23)no1. The van der Waals surface area contributed by atoms with Gasteiger partial charge in [-0.25, -0.2) is 0 Å². The molecule has 4 rings (SSSR count). The third kappa shape index (κ3) is 2.98. The first-order chi connectivity index (χ1) is 11.9. The fourth-order valence-electron chi connectivity index (χ4n) is 4.23. The van der Waals surface area contributed by atoms with Crippen LogP contribution in [-0.4, -0.2) is 34.2 Å². The van der Waals surface area contributed by atoms with Gasteiger partial charge in [-0.05, 0) is 37.8 Å². The van der Waals surface area contributed by atoms with Crippen molar-refractivity contribution in [2.24, 2.45) is 0 Å². The van der Waals surface area contributed by atoms with Crippen LogP contribution in [-0.2, 0) is 11.3 Å². The van der Waals surface area contributed by atoms with Gasteiger partial charge in [0.2, 0.25) is 0 Å². The average molecular weight is 327 g/mol. The Morgan fingerprint density at radius 1 is 1.29 bits per heavy atom. The number of hydrogen-bond acceptors (Lipinski definition) is 5. The van der Waals surface area contributed by atoms with Crippen LogP contribution in [0.2, 0.25) is 0 Å². The van der Waals surface area contributed by atoms with Gasteiger partial charge in [-0.1, -0.05) is 42.4 Å². The van der Waals surface area contributed by atoms with E-state index in [0.717, 1.165) is 25.3 Å². The summed E-state index contributed by atoms with van der Waals surface area (Å²) in [6.07, 6.45) is 4.56. The maximum absolute atomic E-state index is 5.52. The lowest BCUT2D eigenvalue weighted by Gasteiger charge is -2.24. The molecule has 128 valence electrons. The first-order valence-electron chi connectivity index (χ1n) is 9.07. The van der Waals surface area contributed by atoms with Crippen LogP contribution in [0.5, 0.6) is 0 Å². The topological polar surface area (TPSA) is 51.4 Å². The van der Waals surface area contributed by atoms with E-state index in [4.69, 9.17) is 9.26 Å². The summed E-state index contributed by atoms with van der Waals surface area (Å²) >= 11 is 0. The van der Waals surface area contributed by atoms with Gasteiger partial charge in [0.1, 0.15) is 6.61 Å². The quantitative estimate of drug-likeness (QED) is 0.757. The molecule has 3 atom stereocenters. The van der Waals surface area contributed by atoms with Crippen LogP contribution in [0.3, 0.4) is 0 Å². The Morgan fingerprint density at radius 2 is 2.17 bits per heavy atom. The highest BCUT2D eigenvalue weighted by Gasteiger charge is 2.46. The van der Waals surface area contributed by atoms with Crippen molar-refractivity contribution in [1.82, 2.24) is 15.0 Å². The third-order valence-corrected chi connectivity index (χ3v) is 5.26. The van der Waals surface area contributed by atoms with Crippen molar-refractivity contribution in [3.05, 3.63) is 47.6 Å². The van der Waals surface area contributed by atoms with Crippen molar-refractivity contribution in [2.75, 3.05) is 13.2 Å². The fraction of sp³-hybridized carbons (Fsp3) is 0.579. The number of fused-ring (bicyclic) bond motifs is 1. The standard InChI is InChI=1S/C19H25N3O2/c1-2-11-23-13-18-20-19(21-24-18)15-12-17(14-7-4-3-5-8-14)22-10-6-9-16(15)22/h3-5,7-8,15-17H,2,6,9-13H2,1H3/t15-,16+,17-/m1/s1. The molecule has 1 aromatic carbocycles. The van der Waals surface area contributed by atoms with Gasteiger partial charge >= 0.3 is 0 Å². The summed E-state index contributed by atoms with van der Waals surface area (Å²) in [5.74, 6) is 1.83. The normalized spacial score (nSPS) is 26.8. The van der Waals surface area contributed by atoms with Crippen LogP contribution in [0.4, 0.5) is 0 Å². The highest BCUT2D eigenvalue weighted by atomic mass is 16.5. The molecule has 5 nitrogen and oxygen atoms in total. The number of ether oxygens (including phenoxy) is 1. The van der Waals surface area contributed by atoms with E-state index < -0.39 is 0 Å². The summed E-state index contributed by atoms with van der Waals surface area (Å²) in [6, 6.07) is 11.8. The van der Waals surface area contributed by atoms with Gasteiger partial charge in [0.15, 0.2) is 5.82 Å². The van der Waals surface area contributed by atoms with Gasteiger partial charge in [-0.2, -0.15) is 4.98 Å². The Morgan fingerprint density at radius 3 is 3.00 bits per heavy atom. The van der Waals surface area contributed by atoms with Gasteiger partial charge in [-0.15, -0.1) is 0 Å². The van der Waals surface area contributed by atoms with Crippen molar-refractivity contribution in [2.45, 2.75) is 57.2 Å². The van der Waals surface area contributed by atoms with E-state index in [-0.39, 0.29) is 0 Å². The second-order valence-corrected chi connectivity index (χ2v) is 6.81. The van der Waals surface area contributed by atoms with Crippen LogP contribution in [0.25, 0.3) is 0 Å². The second kappa shape index (κ2) is 7.03. The molecule has 0 N–H and O–H groups in total. The summed E-state index contributed by atoms with van der Waals surface area (Å²) < 4.78 is 10.9. The van der Waals surface area contributed by atoms with E-state index in [0.29, 0.717) is 30.5 Å². The van der Waals surface area contributed by atoms with Gasteiger partial charge in [-0.3, -0.25) is 4.90 Å². The Labute approximate surface area is 143 Å². The second-order valence-electron chi connectivity index (χ2n) is 6.81. The molecule has 2 saturated heterocycles. The molecule has 5 heteroatoms. The molecule has 2 aromatic rings. The monoisotopic (exact) mass is 327 g/mol. The van der Waals surface area contributed by atoms with Gasteiger partial charge < -0.3 is 9.26 Å². The van der Waals surface area contributed by atoms with E-state index in [1.165, 1.54) is 24.9 Å². The van der Waals surface area contributed by atoms with E-state index in [1.54, 1.807) is 0 Å². The van der Waals surface area contributed by atoms with E-state index >= 15 is 0 Å². The van der Waals surface area contributed by atoms with E-state index in [9.17, 15) is 0 Å². The number of aromatic nitrogens is 2. The zero-order chi connectivity index (χ0) is 16.4. The Hall–Kier alpha value is -1.72. The predicted octanol–water partition coefficient (Wildman–Crippen LogP) is 3.69. The molecule has 0 spiro atoms. The van der Waals surface area contributed by atoms with E-state index in [2.05, 4.69) is 52.3 Å². The smallest absolute Gasteiger partial charge is 0.252 e. The minimum absolute atomic E-state index is 0.362. The Balaban J connectivity index is 1.51. The van der Waals surface area contributed by atoms with Crippen molar-refractivity contribution in [3.63, 3.8) is 0 Å². The molecular formula is C19H25N3O2. The third-order valence-electron chi connectivity index (χ3n) is 5.26. The number of rotatable bonds is 6. The van der Waals surface area contributed by atoms with Crippen molar-refractivity contribution < 1.29 is 9.26 Å². The molecule has 0 bridgehead atoms. The minimum atomic E-state index is 0.362. The molecule has 0 saturated carbocycles. The molecule has 24 heavy (non-hydrogen) atoms. The number of benzene rings is 1. The maximum Gasteiger partial charge on any atom is 0.252 e. The first kappa shape index (κ1) is 15.8. The maximum atomic E-state index is 5.52. The predicted molar refractivity (Wildman–Crippen MR) is 90.5 cm³/mol. The largest absolute Gasteiger partial charge is 0.372 e. The Kier molecular flexibility index (Phi) is 4.63. The van der Waals surface area contributed by atoms with Crippen LogP contribution in [0.1, 0.15) is 61.8 Å². The molecule has 0 radical (unpaired) electrons. The zero-order valence-corrected chi connectivity index (χ0v) is 14.2. The minimum Gasteiger partial charge on any atom is -0.372 e. The molecule has 0 amide bonds. The summed E-state index contributed by atoms with van der Waals surface area (Å²) in [6.45, 7) is 4.42. The summed E-state index contributed by atoms with van der Waals surface area (Å²) in [4.78, 5) is 7.27. The lowest BCUT2D eigenvalue weighted by Crippen LogP contribution is -2.27. The molecule has 2 aliphatic rings. The number of hydrogen-bond donors (Lipinski definition) is 0. The van der Waals surface area contributed by atoms with Crippen molar-refractivity contribution >= 4 is 0 Å². The molecule has 2 aliphatic heterocycles. The van der Waals surface area contributed by atoms with Crippen molar-refractivity contribution in [3.8, 4) is 0 Å². The summed E-state index contributed by atoms with van der Waals surface area (Å²) in [5, 5.41) is 4.27. The zero-order valence-electron chi connectivity index (χ0n) is 14.2. The molecular weight excluding hydrogens is 302 g/mol. The lowest BCUT2D eigenvalue weighted by atomic mass is 9.94. The molecule has 0 unspecified atom stereocenters. The highest BCUT2D eigenvalue weighted by Crippen LogP contribution is 2.48. The average Bonchev–Trinajstić information content (AvgIpc) is 3.32. The van der Waals surface area contributed by atoms with Gasteiger partial charge in [0.25, 0.3) is 5.89 Å². The Bertz CT molecular complexity index is 658. The van der Waals surface area contributed by atoms with Crippen LogP contribution < -0.4 is 0 Å². The van der Waals surface area contributed by atoms with Crippen molar-refractivity contribution in [1.29, 1.82) is 0 Å². The summed E-state index contributed by atoms with van der Waals surface area (Å²) in [7, 11) is 0. The fourth-order valence-corrected chi connectivity index (χ4v) is 4.23. The van der Waals surface area contributed by atoms with Crippen LogP contribution in [0, 0.1) is 0 Å². The van der Waals surface area contributed by atoms with E-state index in [1.807, 2.05) is 0 Å². The molecule has 2 fully saturated rings.